The summed E-state index contributed by atoms with van der Waals surface area (Å²) in [4.78, 5) is 29.5. The fourth-order valence-electron chi connectivity index (χ4n) is 4.04. The van der Waals surface area contributed by atoms with Crippen LogP contribution >= 0.6 is 11.3 Å². The Morgan fingerprint density at radius 3 is 2.96 bits per heavy atom. The number of carbonyl (C=O) groups excluding carboxylic acids is 1. The van der Waals surface area contributed by atoms with E-state index in [0.29, 0.717) is 15.9 Å². The van der Waals surface area contributed by atoms with Crippen molar-refractivity contribution in [2.24, 2.45) is 10.9 Å². The summed E-state index contributed by atoms with van der Waals surface area (Å²) in [7, 11) is 0. The first-order valence-corrected chi connectivity index (χ1v) is 9.76. The molecule has 1 aliphatic heterocycles. The Labute approximate surface area is 157 Å². The molecule has 1 aliphatic carbocycles. The monoisotopic (exact) mass is 385 g/mol. The maximum atomic E-state index is 14.8. The molecular weight excluding hydrogens is 369 g/mol. The van der Waals surface area contributed by atoms with Crippen molar-refractivity contribution in [1.82, 2.24) is 9.72 Å². The number of ketones is 1. The fraction of sp³-hybridized carbons (Fsp3) is 0.368. The lowest BCUT2D eigenvalue weighted by atomic mass is 9.84. The van der Waals surface area contributed by atoms with Crippen molar-refractivity contribution < 1.29 is 13.7 Å². The minimum atomic E-state index is -0.803. The number of aromatic nitrogens is 2. The van der Waals surface area contributed by atoms with Gasteiger partial charge in [0, 0.05) is 17.3 Å². The van der Waals surface area contributed by atoms with Crippen molar-refractivity contribution in [3.63, 3.8) is 0 Å². The highest BCUT2D eigenvalue weighted by molar-refractivity contribution is 7.16. The molecule has 1 fully saturated rings. The van der Waals surface area contributed by atoms with Gasteiger partial charge in [0.05, 0.1) is 22.7 Å². The van der Waals surface area contributed by atoms with E-state index in [1.807, 2.05) is 0 Å². The Kier molecular flexibility index (Phi) is 3.82. The number of aliphatic imine (C=N–C) groups is 1. The second-order valence-corrected chi connectivity index (χ2v) is 8.00. The maximum absolute atomic E-state index is 14.8. The number of hydrogen-bond acceptors (Lipinski definition) is 6. The Morgan fingerprint density at radius 1 is 1.30 bits per heavy atom. The van der Waals surface area contributed by atoms with Crippen molar-refractivity contribution in [2.45, 2.75) is 38.3 Å². The molecule has 0 N–H and O–H groups in total. The van der Waals surface area contributed by atoms with E-state index in [4.69, 9.17) is 4.52 Å². The van der Waals surface area contributed by atoms with Crippen LogP contribution in [0.25, 0.3) is 10.2 Å². The first-order chi connectivity index (χ1) is 13.1. The van der Waals surface area contributed by atoms with Crippen LogP contribution in [0.1, 0.15) is 43.0 Å². The molecule has 0 saturated heterocycles. The molecule has 2 unspecified atom stereocenters. The summed E-state index contributed by atoms with van der Waals surface area (Å²) in [5.41, 5.74) is 2.35. The third-order valence-electron chi connectivity index (χ3n) is 5.38. The fourth-order valence-corrected chi connectivity index (χ4v) is 4.94. The minimum absolute atomic E-state index is 0.0245. The number of benzene rings is 1. The molecule has 3 aromatic rings. The average Bonchev–Trinajstić information content (AvgIpc) is 3.35. The van der Waals surface area contributed by atoms with Gasteiger partial charge in [-0.05, 0) is 31.4 Å². The van der Waals surface area contributed by atoms with E-state index in [0.717, 1.165) is 42.7 Å². The molecule has 0 spiro atoms. The summed E-state index contributed by atoms with van der Waals surface area (Å²) < 4.78 is 21.7. The molecule has 0 radical (unpaired) electrons. The zero-order valence-corrected chi connectivity index (χ0v) is 15.2. The van der Waals surface area contributed by atoms with Gasteiger partial charge in [0.2, 0.25) is 0 Å². The van der Waals surface area contributed by atoms with E-state index in [1.54, 1.807) is 12.1 Å². The third kappa shape index (κ3) is 2.66. The first kappa shape index (κ1) is 16.6. The summed E-state index contributed by atoms with van der Waals surface area (Å²) in [6.45, 7) is 0.232. The zero-order valence-electron chi connectivity index (χ0n) is 14.4. The molecule has 6 nitrogen and oxygen atoms in total. The number of rotatable bonds is 3. The van der Waals surface area contributed by atoms with Crippen molar-refractivity contribution in [3.05, 3.63) is 51.2 Å². The van der Waals surface area contributed by atoms with Crippen LogP contribution in [0.5, 0.6) is 0 Å². The molecule has 5 rings (SSSR count). The van der Waals surface area contributed by atoms with Crippen LogP contribution in [0.3, 0.4) is 0 Å². The van der Waals surface area contributed by atoms with Crippen molar-refractivity contribution in [2.75, 3.05) is 0 Å². The van der Waals surface area contributed by atoms with E-state index in [1.165, 1.54) is 16.9 Å². The lowest BCUT2D eigenvalue weighted by molar-refractivity contribution is -0.121. The number of Topliss-reactive ketones (excluding diaryl/α,β-unsaturated/α-hetero) is 1. The molecule has 2 aromatic heterocycles. The topological polar surface area (TPSA) is 77.5 Å². The second-order valence-electron chi connectivity index (χ2n) is 7.01. The van der Waals surface area contributed by atoms with Crippen LogP contribution in [0.15, 0.2) is 38.8 Å². The normalized spacial score (nSPS) is 22.3. The summed E-state index contributed by atoms with van der Waals surface area (Å²) in [6.07, 6.45) is 5.08. The zero-order chi connectivity index (χ0) is 18.5. The van der Waals surface area contributed by atoms with Crippen LogP contribution in [-0.4, -0.2) is 21.2 Å². The summed E-state index contributed by atoms with van der Waals surface area (Å²) in [5.74, 6) is -0.680. The number of nitrogens with zero attached hydrogens (tertiary/aromatic N) is 3. The Bertz CT molecular complexity index is 1130. The van der Waals surface area contributed by atoms with Gasteiger partial charge in [0.15, 0.2) is 5.78 Å². The molecule has 2 atom stereocenters. The van der Waals surface area contributed by atoms with Gasteiger partial charge in [-0.25, -0.2) is 4.39 Å². The van der Waals surface area contributed by atoms with Gasteiger partial charge in [-0.15, -0.1) is 0 Å². The predicted octanol–water partition coefficient (Wildman–Crippen LogP) is 3.49. The highest BCUT2D eigenvalue weighted by atomic mass is 32.1. The molecular formula is C19H16FN3O3S. The van der Waals surface area contributed by atoms with E-state index >= 15 is 0 Å². The highest BCUT2D eigenvalue weighted by Crippen LogP contribution is 2.38. The summed E-state index contributed by atoms with van der Waals surface area (Å²) in [5, 5.41) is 3.84. The standard InChI is InChI=1S/C19H16FN3O3S/c20-13-8-16-15(23(19(25)27-16)9-10-5-6-26-22-10)7-12(13)17-18(24)11-3-1-2-4-14(11)21-17/h5-8,11,17H,1-4,9H2. The highest BCUT2D eigenvalue weighted by Gasteiger charge is 2.40. The third-order valence-corrected chi connectivity index (χ3v) is 6.32. The second kappa shape index (κ2) is 6.23. The lowest BCUT2D eigenvalue weighted by Gasteiger charge is -2.17. The molecule has 0 amide bonds. The molecule has 3 heterocycles. The van der Waals surface area contributed by atoms with Gasteiger partial charge in [0.1, 0.15) is 23.8 Å². The first-order valence-electron chi connectivity index (χ1n) is 8.94. The van der Waals surface area contributed by atoms with E-state index < -0.39 is 11.9 Å². The molecule has 8 heteroatoms. The van der Waals surface area contributed by atoms with Gasteiger partial charge in [0.25, 0.3) is 0 Å². The number of fused-ring (bicyclic) bond motifs is 2. The molecule has 27 heavy (non-hydrogen) atoms. The van der Waals surface area contributed by atoms with Gasteiger partial charge >= 0.3 is 4.87 Å². The van der Waals surface area contributed by atoms with Gasteiger partial charge in [-0.1, -0.05) is 22.9 Å². The summed E-state index contributed by atoms with van der Waals surface area (Å²) in [6, 6.07) is 3.82. The van der Waals surface area contributed by atoms with Crippen LogP contribution in [0.4, 0.5) is 4.39 Å². The van der Waals surface area contributed by atoms with Crippen LogP contribution in [0, 0.1) is 11.7 Å². The molecule has 138 valence electrons. The van der Waals surface area contributed by atoms with Crippen LogP contribution in [-0.2, 0) is 11.3 Å². The van der Waals surface area contributed by atoms with E-state index in [9.17, 15) is 14.0 Å². The van der Waals surface area contributed by atoms with Crippen LogP contribution in [0.2, 0.25) is 0 Å². The van der Waals surface area contributed by atoms with Gasteiger partial charge in [-0.3, -0.25) is 19.1 Å². The number of hydrogen-bond donors (Lipinski definition) is 0. The van der Waals surface area contributed by atoms with Crippen molar-refractivity contribution in [3.8, 4) is 0 Å². The van der Waals surface area contributed by atoms with Gasteiger partial charge < -0.3 is 4.52 Å². The SMILES string of the molecule is O=C1C2CCCCC2=NC1c1cc2c(cc1F)sc(=O)n2Cc1ccon1. The van der Waals surface area contributed by atoms with Crippen molar-refractivity contribution >= 4 is 33.0 Å². The van der Waals surface area contributed by atoms with Crippen LogP contribution < -0.4 is 4.87 Å². The Morgan fingerprint density at radius 2 is 2.19 bits per heavy atom. The molecule has 1 aromatic carbocycles. The Hall–Kier alpha value is -2.61. The quantitative estimate of drug-likeness (QED) is 0.691. The van der Waals surface area contributed by atoms with E-state index in [-0.39, 0.29) is 28.7 Å². The number of carbonyl (C=O) groups is 1. The van der Waals surface area contributed by atoms with E-state index in [2.05, 4.69) is 10.1 Å². The maximum Gasteiger partial charge on any atom is 0.308 e. The Balaban J connectivity index is 1.61. The average molecular weight is 385 g/mol. The molecule has 1 saturated carbocycles. The largest absolute Gasteiger partial charge is 0.364 e. The number of halogens is 1. The predicted molar refractivity (Wildman–Crippen MR) is 98.8 cm³/mol. The molecule has 0 bridgehead atoms. The number of thiazole rings is 1. The van der Waals surface area contributed by atoms with Gasteiger partial charge in [-0.2, -0.15) is 0 Å². The minimum Gasteiger partial charge on any atom is -0.364 e. The van der Waals surface area contributed by atoms with Crippen molar-refractivity contribution in [1.29, 1.82) is 0 Å². The summed E-state index contributed by atoms with van der Waals surface area (Å²) >= 11 is 0.975. The molecule has 2 aliphatic rings. The smallest absolute Gasteiger partial charge is 0.308 e. The lowest BCUT2D eigenvalue weighted by Crippen LogP contribution is -2.23.